The Kier molecular flexibility index (Phi) is 23.3. The quantitative estimate of drug-likeness (QED) is 0.0851. The molecule has 1 aliphatic carbocycles. The summed E-state index contributed by atoms with van der Waals surface area (Å²) in [6.45, 7) is 20.2. The number of hydrogen-bond acceptors (Lipinski definition) is 5. The third-order valence-electron chi connectivity index (χ3n) is 8.48. The van der Waals surface area contributed by atoms with Crippen molar-refractivity contribution >= 4 is 17.6 Å². The van der Waals surface area contributed by atoms with Crippen molar-refractivity contribution in [3.63, 3.8) is 0 Å². The van der Waals surface area contributed by atoms with Crippen LogP contribution >= 0.6 is 0 Å². The van der Waals surface area contributed by atoms with Crippen LogP contribution in [0.5, 0.6) is 5.75 Å². The lowest BCUT2D eigenvalue weighted by Crippen LogP contribution is -2.34. The average Bonchev–Trinajstić information content (AvgIpc) is 3.55. The molecule has 282 valence electrons. The number of carbonyl (C=O) groups excluding carboxylic acids is 1. The fraction of sp³-hybridized carbons (Fsp3) is 0.500. The number of allylic oxidation sites excluding steroid dienone is 10. The Bertz CT molecular complexity index is 1390. The van der Waals surface area contributed by atoms with E-state index in [0.717, 1.165) is 73.5 Å². The number of anilines is 1. The standard InChI is InChI=1S/C28H41N3O2.C9H12O2.C7H14/c1-6-7-9-15-27(29-18-11-8-10-13-22(2)3)30-25-17-16-24(20-26(25)33-5)21-28(32)31-19-12-14-23(31)4;1-2-7-4-3-5-8(6-7)9(10)11;1-4-5-6-7(2)3/h8,10-11,13,15-17,20,23,29-30H,2,6-7,9,12,14,18-19,21H2,1,3-5H3;3-5,8H,2,6H2,1H3,(H,10,11);6H,4-5H2,1-3H3/b11-8-,13-10-,27-15-;;. The van der Waals surface area contributed by atoms with E-state index in [1.54, 1.807) is 13.2 Å². The highest BCUT2D eigenvalue weighted by Crippen LogP contribution is 2.28. The van der Waals surface area contributed by atoms with Gasteiger partial charge in [0.25, 0.3) is 0 Å². The monoisotopic (exact) mass is 702 g/mol. The Morgan fingerprint density at radius 3 is 2.41 bits per heavy atom. The van der Waals surface area contributed by atoms with Gasteiger partial charge in [-0.3, -0.25) is 9.59 Å². The number of nitrogens with one attached hydrogen (secondary N) is 2. The summed E-state index contributed by atoms with van der Waals surface area (Å²) < 4.78 is 5.65. The van der Waals surface area contributed by atoms with E-state index in [9.17, 15) is 9.59 Å². The van der Waals surface area contributed by atoms with Gasteiger partial charge >= 0.3 is 5.97 Å². The second-order valence-electron chi connectivity index (χ2n) is 13.5. The summed E-state index contributed by atoms with van der Waals surface area (Å²) >= 11 is 0. The number of amides is 1. The summed E-state index contributed by atoms with van der Waals surface area (Å²) in [5.74, 6) is 0.857. The van der Waals surface area contributed by atoms with Gasteiger partial charge in [0.05, 0.1) is 31.0 Å². The molecule has 1 aromatic carbocycles. The first-order valence-electron chi connectivity index (χ1n) is 18.8. The van der Waals surface area contributed by atoms with Crippen LogP contribution in [0.1, 0.15) is 112 Å². The second-order valence-corrected chi connectivity index (χ2v) is 13.5. The number of carbonyl (C=O) groups is 2. The molecule has 0 bridgehead atoms. The number of carboxylic acid groups (broad SMARTS) is 1. The Labute approximate surface area is 310 Å². The van der Waals surface area contributed by atoms with E-state index in [1.165, 1.54) is 24.0 Å². The SMILES string of the molecule is C=C(C)/C=C\C=C/CN/C(=C/CCCC)Nc1ccc(CC(=O)N2CCCC2C)cc1OC.CCC1=CC=CC(C(=O)O)C1.CCCC=C(C)C. The van der Waals surface area contributed by atoms with E-state index >= 15 is 0 Å². The number of benzene rings is 1. The molecule has 0 spiro atoms. The molecular formula is C44H67N3O4. The first-order chi connectivity index (χ1) is 24.4. The number of hydrogen-bond donors (Lipinski definition) is 3. The number of likely N-dealkylation sites (tertiary alicyclic amines) is 1. The van der Waals surface area contributed by atoms with Crippen LogP contribution in [0.4, 0.5) is 5.69 Å². The van der Waals surface area contributed by atoms with Crippen molar-refractivity contribution in [2.24, 2.45) is 5.92 Å². The fourth-order valence-corrected chi connectivity index (χ4v) is 5.44. The van der Waals surface area contributed by atoms with Gasteiger partial charge in [-0.2, -0.15) is 0 Å². The number of rotatable bonds is 17. The van der Waals surface area contributed by atoms with Gasteiger partial charge in [0.15, 0.2) is 0 Å². The molecule has 0 aromatic heterocycles. The lowest BCUT2D eigenvalue weighted by molar-refractivity contribution is -0.140. The Hall–Kier alpha value is -4.26. The van der Waals surface area contributed by atoms with Crippen LogP contribution in [0, 0.1) is 5.92 Å². The lowest BCUT2D eigenvalue weighted by atomic mass is 9.93. The van der Waals surface area contributed by atoms with E-state index in [1.807, 2.05) is 67.3 Å². The maximum atomic E-state index is 12.7. The highest BCUT2D eigenvalue weighted by Gasteiger charge is 2.25. The lowest BCUT2D eigenvalue weighted by Gasteiger charge is -2.22. The zero-order valence-electron chi connectivity index (χ0n) is 32.9. The highest BCUT2D eigenvalue weighted by atomic mass is 16.5. The topological polar surface area (TPSA) is 90.9 Å². The third-order valence-corrected chi connectivity index (χ3v) is 8.48. The van der Waals surface area contributed by atoms with Crippen molar-refractivity contribution in [2.45, 2.75) is 119 Å². The molecule has 1 aromatic rings. The molecule has 7 heteroatoms. The first kappa shape index (κ1) is 44.8. The first-order valence-corrected chi connectivity index (χ1v) is 18.8. The Balaban J connectivity index is 0.000000587. The molecule has 2 atom stereocenters. The van der Waals surface area contributed by atoms with Crippen molar-refractivity contribution in [1.29, 1.82) is 0 Å². The van der Waals surface area contributed by atoms with Gasteiger partial charge in [0, 0.05) is 19.1 Å². The van der Waals surface area contributed by atoms with E-state index in [2.05, 4.69) is 70.1 Å². The van der Waals surface area contributed by atoms with Crippen LogP contribution in [0.2, 0.25) is 0 Å². The molecule has 0 radical (unpaired) electrons. The van der Waals surface area contributed by atoms with E-state index in [4.69, 9.17) is 9.84 Å². The number of methoxy groups -OCH3 is 1. The predicted octanol–water partition coefficient (Wildman–Crippen LogP) is 10.7. The molecule has 1 amide bonds. The minimum absolute atomic E-state index is 0.192. The van der Waals surface area contributed by atoms with E-state index in [-0.39, 0.29) is 11.8 Å². The minimum Gasteiger partial charge on any atom is -0.495 e. The molecule has 51 heavy (non-hydrogen) atoms. The van der Waals surface area contributed by atoms with Crippen LogP contribution in [-0.4, -0.2) is 48.1 Å². The molecule has 2 aliphatic rings. The van der Waals surface area contributed by atoms with E-state index < -0.39 is 5.97 Å². The second kappa shape index (κ2) is 26.5. The third kappa shape index (κ3) is 19.6. The van der Waals surface area contributed by atoms with Crippen LogP contribution in [-0.2, 0) is 16.0 Å². The van der Waals surface area contributed by atoms with Crippen molar-refractivity contribution < 1.29 is 19.4 Å². The number of unbranched alkanes of at least 4 members (excludes halogenated alkanes) is 3. The molecule has 3 rings (SSSR count). The van der Waals surface area contributed by atoms with Gasteiger partial charge in [-0.15, -0.1) is 0 Å². The maximum absolute atomic E-state index is 12.7. The zero-order chi connectivity index (χ0) is 38.0. The van der Waals surface area contributed by atoms with Crippen molar-refractivity contribution in [3.8, 4) is 5.75 Å². The largest absolute Gasteiger partial charge is 0.495 e. The van der Waals surface area contributed by atoms with Crippen LogP contribution in [0.15, 0.2) is 102 Å². The molecular weight excluding hydrogens is 635 g/mol. The Morgan fingerprint density at radius 1 is 1.08 bits per heavy atom. The van der Waals surface area contributed by atoms with Gasteiger partial charge in [-0.1, -0.05) is 112 Å². The average molecular weight is 702 g/mol. The van der Waals surface area contributed by atoms with Gasteiger partial charge in [-0.25, -0.2) is 0 Å². The molecule has 1 aliphatic heterocycles. The van der Waals surface area contributed by atoms with Crippen LogP contribution in [0.3, 0.4) is 0 Å². The zero-order valence-corrected chi connectivity index (χ0v) is 32.9. The summed E-state index contributed by atoms with van der Waals surface area (Å²) in [5.41, 5.74) is 5.53. The van der Waals surface area contributed by atoms with Crippen LogP contribution in [0.25, 0.3) is 0 Å². The molecule has 1 saturated heterocycles. The predicted molar refractivity (Wildman–Crippen MR) is 217 cm³/mol. The molecule has 1 heterocycles. The van der Waals surface area contributed by atoms with E-state index in [0.29, 0.717) is 25.4 Å². The molecule has 7 nitrogen and oxygen atoms in total. The number of ether oxygens (including phenoxy) is 1. The molecule has 0 saturated carbocycles. The minimum atomic E-state index is -0.722. The summed E-state index contributed by atoms with van der Waals surface area (Å²) in [5, 5.41) is 15.6. The van der Waals surface area contributed by atoms with Gasteiger partial charge in [-0.05, 0) is 96.4 Å². The molecule has 1 fully saturated rings. The number of aliphatic carboxylic acids is 1. The van der Waals surface area contributed by atoms with Crippen molar-refractivity contribution in [2.75, 3.05) is 25.5 Å². The highest BCUT2D eigenvalue weighted by molar-refractivity contribution is 5.80. The summed E-state index contributed by atoms with van der Waals surface area (Å²) in [6.07, 6.45) is 28.1. The molecule has 2 unspecified atom stereocenters. The van der Waals surface area contributed by atoms with Crippen LogP contribution < -0.4 is 15.4 Å². The van der Waals surface area contributed by atoms with Gasteiger partial charge in [0.1, 0.15) is 5.75 Å². The smallest absolute Gasteiger partial charge is 0.310 e. The summed E-state index contributed by atoms with van der Waals surface area (Å²) in [4.78, 5) is 25.2. The molecule has 3 N–H and O–H groups in total. The van der Waals surface area contributed by atoms with Gasteiger partial charge in [0.2, 0.25) is 5.91 Å². The normalized spacial score (nSPS) is 16.8. The maximum Gasteiger partial charge on any atom is 0.310 e. The van der Waals surface area contributed by atoms with Gasteiger partial charge < -0.3 is 25.4 Å². The summed E-state index contributed by atoms with van der Waals surface area (Å²) in [7, 11) is 1.67. The number of nitrogens with zero attached hydrogens (tertiary/aromatic N) is 1. The summed E-state index contributed by atoms with van der Waals surface area (Å²) in [6, 6.07) is 6.31. The fourth-order valence-electron chi connectivity index (χ4n) is 5.44. The Morgan fingerprint density at radius 2 is 1.84 bits per heavy atom. The van der Waals surface area contributed by atoms with Crippen molar-refractivity contribution in [1.82, 2.24) is 10.2 Å². The van der Waals surface area contributed by atoms with Crippen molar-refractivity contribution in [3.05, 3.63) is 108 Å². The number of carboxylic acids is 1.